The van der Waals surface area contributed by atoms with Gasteiger partial charge in [-0.1, -0.05) is 32.9 Å². The van der Waals surface area contributed by atoms with Crippen molar-refractivity contribution in [3.8, 4) is 0 Å². The molecule has 0 fully saturated rings. The van der Waals surface area contributed by atoms with E-state index in [1.54, 1.807) is 0 Å². The third kappa shape index (κ3) is 3.55. The average molecular weight is 310 g/mol. The first-order chi connectivity index (χ1) is 8.45. The number of aromatic nitrogens is 2. The quantitative estimate of drug-likeness (QED) is 0.661. The number of nitrogens with one attached hydrogen (secondary N) is 1. The SMILES string of the molecule is CC(C)(C)c1nc(Br)cc(NC2CC=CCC2)n1. The second-order valence-electron chi connectivity index (χ2n) is 5.78. The average Bonchev–Trinajstić information content (AvgIpc) is 2.28. The van der Waals surface area contributed by atoms with Gasteiger partial charge >= 0.3 is 0 Å². The summed E-state index contributed by atoms with van der Waals surface area (Å²) in [6.07, 6.45) is 7.88. The first-order valence-electron chi connectivity index (χ1n) is 6.42. The highest BCUT2D eigenvalue weighted by Gasteiger charge is 2.19. The van der Waals surface area contributed by atoms with E-state index in [0.717, 1.165) is 29.1 Å². The highest BCUT2D eigenvalue weighted by molar-refractivity contribution is 9.10. The minimum atomic E-state index is -0.0350. The summed E-state index contributed by atoms with van der Waals surface area (Å²) in [5, 5.41) is 3.50. The Labute approximate surface area is 117 Å². The van der Waals surface area contributed by atoms with Crippen LogP contribution in [0, 0.1) is 0 Å². The molecule has 1 heterocycles. The van der Waals surface area contributed by atoms with E-state index in [-0.39, 0.29) is 5.41 Å². The van der Waals surface area contributed by atoms with Crippen molar-refractivity contribution in [2.75, 3.05) is 5.32 Å². The molecule has 1 atom stereocenters. The van der Waals surface area contributed by atoms with Crippen molar-refractivity contribution in [2.45, 2.75) is 51.5 Å². The van der Waals surface area contributed by atoms with E-state index in [1.807, 2.05) is 6.07 Å². The van der Waals surface area contributed by atoms with Gasteiger partial charge in [-0.2, -0.15) is 0 Å². The van der Waals surface area contributed by atoms with E-state index in [2.05, 4.69) is 64.1 Å². The third-order valence-corrected chi connectivity index (χ3v) is 3.39. The Morgan fingerprint density at radius 3 is 2.67 bits per heavy atom. The fourth-order valence-corrected chi connectivity index (χ4v) is 2.35. The number of nitrogens with zero attached hydrogens (tertiary/aromatic N) is 2. The molecule has 1 unspecified atom stereocenters. The second kappa shape index (κ2) is 5.39. The Kier molecular flexibility index (Phi) is 4.05. The number of anilines is 1. The molecule has 0 spiro atoms. The summed E-state index contributed by atoms with van der Waals surface area (Å²) in [5.41, 5.74) is -0.0350. The van der Waals surface area contributed by atoms with Crippen molar-refractivity contribution in [1.82, 2.24) is 9.97 Å². The summed E-state index contributed by atoms with van der Waals surface area (Å²) < 4.78 is 0.844. The molecule has 0 amide bonds. The maximum absolute atomic E-state index is 4.62. The van der Waals surface area contributed by atoms with Crippen LogP contribution in [-0.2, 0) is 5.41 Å². The zero-order chi connectivity index (χ0) is 13.2. The number of hydrogen-bond acceptors (Lipinski definition) is 3. The number of hydrogen-bond donors (Lipinski definition) is 1. The van der Waals surface area contributed by atoms with Gasteiger partial charge in [0.05, 0.1) is 0 Å². The minimum absolute atomic E-state index is 0.0350. The highest BCUT2D eigenvalue weighted by atomic mass is 79.9. The Bertz CT molecular complexity index is 449. The molecule has 0 aliphatic heterocycles. The van der Waals surface area contributed by atoms with Crippen molar-refractivity contribution in [2.24, 2.45) is 0 Å². The van der Waals surface area contributed by atoms with Crippen LogP contribution in [-0.4, -0.2) is 16.0 Å². The monoisotopic (exact) mass is 309 g/mol. The Morgan fingerprint density at radius 1 is 1.28 bits per heavy atom. The van der Waals surface area contributed by atoms with E-state index in [1.165, 1.54) is 6.42 Å². The van der Waals surface area contributed by atoms with Gasteiger partial charge in [0.2, 0.25) is 0 Å². The highest BCUT2D eigenvalue weighted by Crippen LogP contribution is 2.24. The van der Waals surface area contributed by atoms with Gasteiger partial charge in [-0.05, 0) is 35.2 Å². The van der Waals surface area contributed by atoms with Crippen LogP contribution in [0.25, 0.3) is 0 Å². The summed E-state index contributed by atoms with van der Waals surface area (Å²) in [4.78, 5) is 9.07. The molecule has 0 bridgehead atoms. The maximum Gasteiger partial charge on any atom is 0.137 e. The minimum Gasteiger partial charge on any atom is -0.367 e. The molecule has 0 saturated carbocycles. The van der Waals surface area contributed by atoms with E-state index in [4.69, 9.17) is 0 Å². The topological polar surface area (TPSA) is 37.8 Å². The van der Waals surface area contributed by atoms with Crippen LogP contribution >= 0.6 is 15.9 Å². The van der Waals surface area contributed by atoms with Crippen LogP contribution in [0.2, 0.25) is 0 Å². The van der Waals surface area contributed by atoms with Gasteiger partial charge in [-0.3, -0.25) is 0 Å². The van der Waals surface area contributed by atoms with Crippen molar-refractivity contribution in [1.29, 1.82) is 0 Å². The molecule has 0 radical (unpaired) electrons. The van der Waals surface area contributed by atoms with Crippen LogP contribution in [0.3, 0.4) is 0 Å². The van der Waals surface area contributed by atoms with Crippen LogP contribution < -0.4 is 5.32 Å². The van der Waals surface area contributed by atoms with Gasteiger partial charge in [-0.15, -0.1) is 0 Å². The van der Waals surface area contributed by atoms with Crippen LogP contribution in [0.5, 0.6) is 0 Å². The zero-order valence-electron chi connectivity index (χ0n) is 11.2. The molecule has 98 valence electrons. The van der Waals surface area contributed by atoms with Crippen molar-refractivity contribution >= 4 is 21.7 Å². The van der Waals surface area contributed by atoms with Crippen molar-refractivity contribution in [3.63, 3.8) is 0 Å². The molecule has 1 N–H and O–H groups in total. The smallest absolute Gasteiger partial charge is 0.137 e. The van der Waals surface area contributed by atoms with E-state index >= 15 is 0 Å². The lowest BCUT2D eigenvalue weighted by atomic mass is 9.96. The Hall–Kier alpha value is -0.900. The summed E-state index contributed by atoms with van der Waals surface area (Å²) in [5.74, 6) is 1.79. The molecule has 4 heteroatoms. The Morgan fingerprint density at radius 2 is 2.06 bits per heavy atom. The lowest BCUT2D eigenvalue weighted by Gasteiger charge is -2.22. The first kappa shape index (κ1) is 13.5. The largest absolute Gasteiger partial charge is 0.367 e. The van der Waals surface area contributed by atoms with Crippen LogP contribution in [0.4, 0.5) is 5.82 Å². The molecular weight excluding hydrogens is 290 g/mol. The molecule has 0 saturated heterocycles. The fraction of sp³-hybridized carbons (Fsp3) is 0.571. The maximum atomic E-state index is 4.62. The molecule has 1 aromatic rings. The fourth-order valence-electron chi connectivity index (χ4n) is 1.96. The predicted molar refractivity (Wildman–Crippen MR) is 78.8 cm³/mol. The number of allylic oxidation sites excluding steroid dienone is 1. The molecule has 1 aliphatic rings. The lowest BCUT2D eigenvalue weighted by molar-refractivity contribution is 0.542. The molecule has 18 heavy (non-hydrogen) atoms. The molecule has 1 aromatic heterocycles. The standard InChI is InChI=1S/C14H20BrN3/c1-14(2,3)13-17-11(15)9-12(18-13)16-10-7-5-4-6-8-10/h4-5,9-10H,6-8H2,1-3H3,(H,16,17,18). The third-order valence-electron chi connectivity index (χ3n) is 2.99. The summed E-state index contributed by atoms with van der Waals surface area (Å²) in [7, 11) is 0. The van der Waals surface area contributed by atoms with Gasteiger partial charge in [-0.25, -0.2) is 9.97 Å². The number of halogens is 1. The lowest BCUT2D eigenvalue weighted by Crippen LogP contribution is -2.23. The predicted octanol–water partition coefficient (Wildman–Crippen LogP) is 4.06. The van der Waals surface area contributed by atoms with E-state index in [0.29, 0.717) is 6.04 Å². The molecule has 3 nitrogen and oxygen atoms in total. The molecule has 1 aliphatic carbocycles. The van der Waals surface area contributed by atoms with Gasteiger partial charge in [0.25, 0.3) is 0 Å². The van der Waals surface area contributed by atoms with Crippen molar-refractivity contribution < 1.29 is 0 Å². The summed E-state index contributed by atoms with van der Waals surface area (Å²) in [6.45, 7) is 6.38. The number of rotatable bonds is 2. The van der Waals surface area contributed by atoms with Gasteiger partial charge < -0.3 is 5.32 Å². The van der Waals surface area contributed by atoms with Gasteiger partial charge in [0.1, 0.15) is 16.2 Å². The zero-order valence-corrected chi connectivity index (χ0v) is 12.8. The van der Waals surface area contributed by atoms with Crippen molar-refractivity contribution in [3.05, 3.63) is 28.6 Å². The van der Waals surface area contributed by atoms with E-state index in [9.17, 15) is 0 Å². The van der Waals surface area contributed by atoms with Crippen LogP contribution in [0.1, 0.15) is 45.9 Å². The molecule has 0 aromatic carbocycles. The Balaban J connectivity index is 2.17. The summed E-state index contributed by atoms with van der Waals surface area (Å²) in [6, 6.07) is 2.44. The van der Waals surface area contributed by atoms with Crippen LogP contribution in [0.15, 0.2) is 22.8 Å². The van der Waals surface area contributed by atoms with Gasteiger partial charge in [0, 0.05) is 17.5 Å². The van der Waals surface area contributed by atoms with Gasteiger partial charge in [0.15, 0.2) is 0 Å². The normalized spacial score (nSPS) is 19.9. The summed E-state index contributed by atoms with van der Waals surface area (Å²) >= 11 is 3.47. The molecular formula is C14H20BrN3. The molecule has 2 rings (SSSR count). The second-order valence-corrected chi connectivity index (χ2v) is 6.59. The first-order valence-corrected chi connectivity index (χ1v) is 7.21. The van der Waals surface area contributed by atoms with E-state index < -0.39 is 0 Å².